The minimum absolute atomic E-state index is 0.170. The molecule has 0 spiro atoms. The largest absolute Gasteiger partial charge is 0.423 e. The lowest BCUT2D eigenvalue weighted by atomic mass is 10.1. The average molecular weight is 302 g/mol. The van der Waals surface area contributed by atoms with Crippen LogP contribution in [0.2, 0.25) is 0 Å². The lowest BCUT2D eigenvalue weighted by molar-refractivity contribution is -0.334. The molecular weight excluding hydrogens is 290 g/mol. The number of aliphatic hydroxyl groups is 1. The van der Waals surface area contributed by atoms with Gasteiger partial charge in [0.2, 0.25) is 6.10 Å². The van der Waals surface area contributed by atoms with Crippen molar-refractivity contribution < 1.29 is 36.2 Å². The van der Waals surface area contributed by atoms with Crippen LogP contribution in [0.25, 0.3) is 0 Å². The molecule has 114 valence electrons. The van der Waals surface area contributed by atoms with Gasteiger partial charge in [-0.3, -0.25) is 0 Å². The fourth-order valence-electron chi connectivity index (χ4n) is 1.55. The molecule has 20 heavy (non-hydrogen) atoms. The van der Waals surface area contributed by atoms with E-state index in [-0.39, 0.29) is 5.56 Å². The molecule has 0 aliphatic rings. The van der Waals surface area contributed by atoms with E-state index in [2.05, 4.69) is 4.74 Å². The Balaban J connectivity index is 2.84. The van der Waals surface area contributed by atoms with E-state index in [9.17, 15) is 31.4 Å². The summed E-state index contributed by atoms with van der Waals surface area (Å²) in [5, 5.41) is 9.71. The summed E-state index contributed by atoms with van der Waals surface area (Å²) in [6.45, 7) is 0.947. The lowest BCUT2D eigenvalue weighted by Gasteiger charge is -2.28. The van der Waals surface area contributed by atoms with Crippen LogP contribution >= 0.6 is 0 Å². The average Bonchev–Trinajstić information content (AvgIpc) is 2.33. The summed E-state index contributed by atoms with van der Waals surface area (Å²) >= 11 is 0. The quantitative estimate of drug-likeness (QED) is 0.861. The standard InChI is InChI=1S/C12H12F6O2/c1-7(9(19)8-5-3-2-4-6-8)20-10(11(13,14)15)12(16,17)18/h2-7,9-10,19H,1H3. The van der Waals surface area contributed by atoms with Crippen molar-refractivity contribution >= 4 is 0 Å². The molecule has 1 aromatic rings. The van der Waals surface area contributed by atoms with E-state index in [4.69, 9.17) is 0 Å². The van der Waals surface area contributed by atoms with Gasteiger partial charge in [0.25, 0.3) is 0 Å². The van der Waals surface area contributed by atoms with Gasteiger partial charge in [-0.1, -0.05) is 30.3 Å². The number of rotatable bonds is 4. The van der Waals surface area contributed by atoms with Gasteiger partial charge < -0.3 is 9.84 Å². The normalized spacial score (nSPS) is 16.2. The van der Waals surface area contributed by atoms with Gasteiger partial charge in [0.15, 0.2) is 0 Å². The highest BCUT2D eigenvalue weighted by molar-refractivity contribution is 5.18. The van der Waals surface area contributed by atoms with Gasteiger partial charge in [0, 0.05) is 0 Å². The summed E-state index contributed by atoms with van der Waals surface area (Å²) in [4.78, 5) is 0. The van der Waals surface area contributed by atoms with Crippen molar-refractivity contribution in [3.05, 3.63) is 35.9 Å². The molecule has 2 atom stereocenters. The van der Waals surface area contributed by atoms with Gasteiger partial charge in [0.05, 0.1) is 6.10 Å². The first-order valence-electron chi connectivity index (χ1n) is 5.55. The summed E-state index contributed by atoms with van der Waals surface area (Å²) in [5.41, 5.74) is 0.170. The third-order valence-electron chi connectivity index (χ3n) is 2.53. The van der Waals surface area contributed by atoms with Gasteiger partial charge in [-0.25, -0.2) is 0 Å². The van der Waals surface area contributed by atoms with Gasteiger partial charge >= 0.3 is 12.4 Å². The lowest BCUT2D eigenvalue weighted by Crippen LogP contribution is -2.46. The Kier molecular flexibility index (Phi) is 5.04. The molecule has 0 saturated heterocycles. The third-order valence-corrected chi connectivity index (χ3v) is 2.53. The Morgan fingerprint density at radius 3 is 1.80 bits per heavy atom. The Labute approximate surface area is 111 Å². The van der Waals surface area contributed by atoms with E-state index in [0.717, 1.165) is 6.92 Å². The first kappa shape index (κ1) is 16.8. The summed E-state index contributed by atoms with van der Waals surface area (Å²) < 4.78 is 77.9. The molecule has 2 nitrogen and oxygen atoms in total. The first-order valence-corrected chi connectivity index (χ1v) is 5.55. The molecule has 0 aliphatic carbocycles. The fraction of sp³-hybridized carbons (Fsp3) is 0.500. The summed E-state index contributed by atoms with van der Waals surface area (Å²) in [6, 6.07) is 7.34. The number of ether oxygens (including phenoxy) is 1. The first-order chi connectivity index (χ1) is 9.03. The second-order valence-electron chi connectivity index (χ2n) is 4.16. The minimum atomic E-state index is -5.59. The van der Waals surface area contributed by atoms with Crippen molar-refractivity contribution in [1.29, 1.82) is 0 Å². The van der Waals surface area contributed by atoms with Crippen LogP contribution in [-0.4, -0.2) is 29.7 Å². The molecule has 1 N–H and O–H groups in total. The SMILES string of the molecule is CC(OC(C(F)(F)F)C(F)(F)F)C(O)c1ccccc1. The van der Waals surface area contributed by atoms with Crippen LogP contribution in [0.15, 0.2) is 30.3 Å². The van der Waals surface area contributed by atoms with Crippen molar-refractivity contribution in [2.75, 3.05) is 0 Å². The van der Waals surface area contributed by atoms with Crippen molar-refractivity contribution in [1.82, 2.24) is 0 Å². The molecule has 0 bridgehead atoms. The molecule has 1 aromatic carbocycles. The fourth-order valence-corrected chi connectivity index (χ4v) is 1.55. The smallest absolute Gasteiger partial charge is 0.386 e. The number of hydrogen-bond donors (Lipinski definition) is 1. The summed E-state index contributed by atoms with van der Waals surface area (Å²) in [7, 11) is 0. The molecule has 1 rings (SSSR count). The van der Waals surface area contributed by atoms with Crippen LogP contribution in [0.5, 0.6) is 0 Å². The zero-order valence-electron chi connectivity index (χ0n) is 10.2. The maximum Gasteiger partial charge on any atom is 0.423 e. The minimum Gasteiger partial charge on any atom is -0.386 e. The predicted octanol–water partition coefficient (Wildman–Crippen LogP) is 3.62. The van der Waals surface area contributed by atoms with E-state index in [0.29, 0.717) is 0 Å². The highest BCUT2D eigenvalue weighted by atomic mass is 19.4. The molecule has 0 aromatic heterocycles. The van der Waals surface area contributed by atoms with E-state index in [1.165, 1.54) is 24.3 Å². The Bertz CT molecular complexity index is 400. The van der Waals surface area contributed by atoms with Crippen LogP contribution in [0.3, 0.4) is 0 Å². The van der Waals surface area contributed by atoms with Crippen LogP contribution in [0, 0.1) is 0 Å². The van der Waals surface area contributed by atoms with Gasteiger partial charge in [-0.05, 0) is 12.5 Å². The molecule has 8 heteroatoms. The molecule has 0 radical (unpaired) electrons. The second-order valence-corrected chi connectivity index (χ2v) is 4.16. The topological polar surface area (TPSA) is 29.5 Å². The molecule has 0 aliphatic heterocycles. The number of aliphatic hydroxyl groups excluding tert-OH is 1. The monoisotopic (exact) mass is 302 g/mol. The predicted molar refractivity (Wildman–Crippen MR) is 57.8 cm³/mol. The van der Waals surface area contributed by atoms with Crippen LogP contribution < -0.4 is 0 Å². The van der Waals surface area contributed by atoms with Crippen LogP contribution in [-0.2, 0) is 4.74 Å². The van der Waals surface area contributed by atoms with E-state index >= 15 is 0 Å². The Morgan fingerprint density at radius 2 is 1.40 bits per heavy atom. The highest BCUT2D eigenvalue weighted by Gasteiger charge is 2.58. The van der Waals surface area contributed by atoms with Gasteiger partial charge in [0.1, 0.15) is 6.10 Å². The van der Waals surface area contributed by atoms with E-state index in [1.54, 1.807) is 6.07 Å². The molecule has 0 amide bonds. The van der Waals surface area contributed by atoms with E-state index < -0.39 is 30.7 Å². The molecule has 2 unspecified atom stereocenters. The molecule has 0 heterocycles. The number of hydrogen-bond acceptors (Lipinski definition) is 2. The number of halogens is 6. The van der Waals surface area contributed by atoms with Crippen molar-refractivity contribution in [3.63, 3.8) is 0 Å². The zero-order chi connectivity index (χ0) is 15.6. The van der Waals surface area contributed by atoms with Crippen molar-refractivity contribution in [3.8, 4) is 0 Å². The number of alkyl halides is 6. The Hall–Kier alpha value is -1.28. The maximum absolute atomic E-state index is 12.3. The second kappa shape index (κ2) is 6.01. The highest BCUT2D eigenvalue weighted by Crippen LogP contribution is 2.37. The zero-order valence-corrected chi connectivity index (χ0v) is 10.2. The van der Waals surface area contributed by atoms with Crippen molar-refractivity contribution in [2.45, 2.75) is 37.6 Å². The summed E-state index contributed by atoms with van der Waals surface area (Å²) in [6.07, 6.45) is -18.4. The molecule has 0 fully saturated rings. The van der Waals surface area contributed by atoms with E-state index in [1.807, 2.05) is 0 Å². The molecular formula is C12H12F6O2. The van der Waals surface area contributed by atoms with Crippen LogP contribution in [0.4, 0.5) is 26.3 Å². The van der Waals surface area contributed by atoms with Gasteiger partial charge in [-0.15, -0.1) is 0 Å². The van der Waals surface area contributed by atoms with Crippen molar-refractivity contribution in [2.24, 2.45) is 0 Å². The number of benzene rings is 1. The van der Waals surface area contributed by atoms with Crippen LogP contribution in [0.1, 0.15) is 18.6 Å². The molecule has 0 saturated carbocycles. The summed E-state index contributed by atoms with van der Waals surface area (Å²) in [5.74, 6) is 0. The third kappa shape index (κ3) is 4.38. The van der Waals surface area contributed by atoms with Gasteiger partial charge in [-0.2, -0.15) is 26.3 Å². The maximum atomic E-state index is 12.3. The Morgan fingerprint density at radius 1 is 0.950 bits per heavy atom.